The second-order valence-electron chi connectivity index (χ2n) is 4.23. The summed E-state index contributed by atoms with van der Waals surface area (Å²) in [5.74, 6) is 0.220. The van der Waals surface area contributed by atoms with Gasteiger partial charge in [0.2, 0.25) is 0 Å². The number of esters is 1. The summed E-state index contributed by atoms with van der Waals surface area (Å²) in [5, 5.41) is 0. The van der Waals surface area contributed by atoms with Crippen molar-refractivity contribution in [2.45, 2.75) is 32.6 Å². The second kappa shape index (κ2) is 5.67. The van der Waals surface area contributed by atoms with E-state index >= 15 is 0 Å². The van der Waals surface area contributed by atoms with Gasteiger partial charge in [0.15, 0.2) is 0 Å². The number of nitrogens with one attached hydrogen (secondary N) is 1. The predicted octanol–water partition coefficient (Wildman–Crippen LogP) is 3.01. The van der Waals surface area contributed by atoms with Crippen LogP contribution >= 0.6 is 0 Å². The van der Waals surface area contributed by atoms with Crippen molar-refractivity contribution in [2.24, 2.45) is 0 Å². The number of benzene rings is 1. The molecular formula is C14H18N2O2. The highest BCUT2D eigenvalue weighted by atomic mass is 16.5. The summed E-state index contributed by atoms with van der Waals surface area (Å²) in [6.07, 6.45) is 1.67. The maximum atomic E-state index is 11.9. The Kier molecular flexibility index (Phi) is 3.97. The number of aromatic nitrogens is 2. The van der Waals surface area contributed by atoms with Crippen LogP contribution in [-0.2, 0) is 9.53 Å². The van der Waals surface area contributed by atoms with Crippen LogP contribution < -0.4 is 0 Å². The van der Waals surface area contributed by atoms with E-state index in [4.69, 9.17) is 4.74 Å². The number of nitrogens with zero attached hydrogens (tertiary/aromatic N) is 1. The van der Waals surface area contributed by atoms with Crippen molar-refractivity contribution >= 4 is 17.0 Å². The number of fused-ring (bicyclic) bond motifs is 1. The summed E-state index contributed by atoms with van der Waals surface area (Å²) < 4.78 is 5.11. The zero-order chi connectivity index (χ0) is 13.0. The van der Waals surface area contributed by atoms with Crippen LogP contribution in [0.5, 0.6) is 0 Å². The van der Waals surface area contributed by atoms with E-state index < -0.39 is 0 Å². The number of hydrogen-bond donors (Lipinski definition) is 1. The third kappa shape index (κ3) is 2.53. The number of rotatable bonds is 5. The zero-order valence-electron chi connectivity index (χ0n) is 10.8. The molecule has 0 aliphatic rings. The molecule has 0 saturated carbocycles. The molecule has 0 fully saturated rings. The molecule has 4 heteroatoms. The number of hydrogen-bond acceptors (Lipinski definition) is 3. The number of carbonyl (C=O) groups excluding carboxylic acids is 1. The topological polar surface area (TPSA) is 55.0 Å². The van der Waals surface area contributed by atoms with Crippen molar-refractivity contribution in [3.63, 3.8) is 0 Å². The number of para-hydroxylation sites is 2. The van der Waals surface area contributed by atoms with Crippen LogP contribution in [0.2, 0.25) is 0 Å². The van der Waals surface area contributed by atoms with Crippen molar-refractivity contribution in [1.29, 1.82) is 0 Å². The number of imidazole rings is 1. The largest absolute Gasteiger partial charge is 0.465 e. The SMILES string of the molecule is CCCC(C(=O)OCC)c1nc2ccccc2[nH]1. The van der Waals surface area contributed by atoms with Gasteiger partial charge in [-0.3, -0.25) is 4.79 Å². The number of aromatic amines is 1. The average Bonchev–Trinajstić information content (AvgIpc) is 2.79. The maximum Gasteiger partial charge on any atom is 0.316 e. The molecule has 0 saturated heterocycles. The molecule has 1 atom stereocenters. The van der Waals surface area contributed by atoms with Gasteiger partial charge in [0.05, 0.1) is 17.6 Å². The van der Waals surface area contributed by atoms with Gasteiger partial charge in [-0.1, -0.05) is 25.5 Å². The van der Waals surface area contributed by atoms with Gasteiger partial charge < -0.3 is 9.72 Å². The van der Waals surface area contributed by atoms with Crippen LogP contribution in [0.4, 0.5) is 0 Å². The van der Waals surface area contributed by atoms with E-state index in [1.54, 1.807) is 0 Å². The Labute approximate surface area is 106 Å². The van der Waals surface area contributed by atoms with E-state index in [0.29, 0.717) is 12.4 Å². The molecule has 0 spiro atoms. The summed E-state index contributed by atoms with van der Waals surface area (Å²) in [5.41, 5.74) is 1.84. The quantitative estimate of drug-likeness (QED) is 0.825. The summed E-state index contributed by atoms with van der Waals surface area (Å²) in [7, 11) is 0. The van der Waals surface area contributed by atoms with Crippen LogP contribution in [0.1, 0.15) is 38.4 Å². The van der Waals surface area contributed by atoms with Gasteiger partial charge in [-0.05, 0) is 25.5 Å². The standard InChI is InChI=1S/C14H18N2O2/c1-3-7-10(14(17)18-4-2)13-15-11-8-5-6-9-12(11)16-13/h5-6,8-10H,3-4,7H2,1-2H3,(H,15,16). The highest BCUT2D eigenvalue weighted by Crippen LogP contribution is 2.23. The Morgan fingerprint density at radius 2 is 2.17 bits per heavy atom. The van der Waals surface area contributed by atoms with Gasteiger partial charge in [0.1, 0.15) is 11.7 Å². The van der Waals surface area contributed by atoms with Crippen LogP contribution in [-0.4, -0.2) is 22.5 Å². The molecule has 1 unspecified atom stereocenters. The summed E-state index contributed by atoms with van der Waals surface area (Å²) in [6.45, 7) is 4.27. The average molecular weight is 246 g/mol. The lowest BCUT2D eigenvalue weighted by Gasteiger charge is -2.11. The minimum atomic E-state index is -0.289. The molecule has 2 rings (SSSR count). The second-order valence-corrected chi connectivity index (χ2v) is 4.23. The summed E-state index contributed by atoms with van der Waals surface area (Å²) in [6, 6.07) is 7.78. The molecular weight excluding hydrogens is 228 g/mol. The van der Waals surface area contributed by atoms with E-state index in [0.717, 1.165) is 23.9 Å². The minimum Gasteiger partial charge on any atom is -0.465 e. The van der Waals surface area contributed by atoms with Crippen molar-refractivity contribution in [1.82, 2.24) is 9.97 Å². The number of H-pyrrole nitrogens is 1. The van der Waals surface area contributed by atoms with Crippen LogP contribution in [0.15, 0.2) is 24.3 Å². The molecule has 1 N–H and O–H groups in total. The zero-order valence-corrected chi connectivity index (χ0v) is 10.8. The van der Waals surface area contributed by atoms with Crippen LogP contribution in [0.25, 0.3) is 11.0 Å². The Bertz CT molecular complexity index is 500. The molecule has 1 heterocycles. The van der Waals surface area contributed by atoms with E-state index in [1.165, 1.54) is 0 Å². The molecule has 18 heavy (non-hydrogen) atoms. The monoisotopic (exact) mass is 246 g/mol. The first-order valence-corrected chi connectivity index (χ1v) is 6.37. The minimum absolute atomic E-state index is 0.196. The lowest BCUT2D eigenvalue weighted by atomic mass is 10.0. The smallest absolute Gasteiger partial charge is 0.316 e. The highest BCUT2D eigenvalue weighted by Gasteiger charge is 2.24. The molecule has 96 valence electrons. The Hall–Kier alpha value is -1.84. The molecule has 4 nitrogen and oxygen atoms in total. The Morgan fingerprint density at radius 1 is 1.39 bits per heavy atom. The molecule has 0 bridgehead atoms. The van der Waals surface area contributed by atoms with Crippen LogP contribution in [0.3, 0.4) is 0 Å². The fourth-order valence-corrected chi connectivity index (χ4v) is 2.04. The molecule has 0 amide bonds. The molecule has 0 aliphatic heterocycles. The first kappa shape index (κ1) is 12.6. The summed E-state index contributed by atoms with van der Waals surface area (Å²) >= 11 is 0. The number of ether oxygens (including phenoxy) is 1. The molecule has 2 aromatic rings. The van der Waals surface area contributed by atoms with Crippen molar-refractivity contribution in [2.75, 3.05) is 6.61 Å². The van der Waals surface area contributed by atoms with Gasteiger partial charge >= 0.3 is 5.97 Å². The molecule has 1 aromatic carbocycles. The fourth-order valence-electron chi connectivity index (χ4n) is 2.04. The molecule has 0 radical (unpaired) electrons. The lowest BCUT2D eigenvalue weighted by molar-refractivity contribution is -0.145. The third-order valence-corrected chi connectivity index (χ3v) is 2.89. The lowest BCUT2D eigenvalue weighted by Crippen LogP contribution is -2.17. The van der Waals surface area contributed by atoms with E-state index in [-0.39, 0.29) is 11.9 Å². The predicted molar refractivity (Wildman–Crippen MR) is 70.4 cm³/mol. The Morgan fingerprint density at radius 3 is 2.83 bits per heavy atom. The van der Waals surface area contributed by atoms with Crippen molar-refractivity contribution in [3.05, 3.63) is 30.1 Å². The molecule has 1 aromatic heterocycles. The van der Waals surface area contributed by atoms with Crippen molar-refractivity contribution in [3.8, 4) is 0 Å². The van der Waals surface area contributed by atoms with Gasteiger partial charge in [-0.15, -0.1) is 0 Å². The molecule has 0 aliphatic carbocycles. The maximum absolute atomic E-state index is 11.9. The van der Waals surface area contributed by atoms with Crippen LogP contribution in [0, 0.1) is 0 Å². The first-order chi connectivity index (χ1) is 8.76. The van der Waals surface area contributed by atoms with E-state index in [2.05, 4.69) is 16.9 Å². The van der Waals surface area contributed by atoms with Crippen molar-refractivity contribution < 1.29 is 9.53 Å². The normalized spacial score (nSPS) is 12.6. The van der Waals surface area contributed by atoms with E-state index in [9.17, 15) is 4.79 Å². The fraction of sp³-hybridized carbons (Fsp3) is 0.429. The third-order valence-electron chi connectivity index (χ3n) is 2.89. The van der Waals surface area contributed by atoms with E-state index in [1.807, 2.05) is 31.2 Å². The van der Waals surface area contributed by atoms with Gasteiger partial charge in [0, 0.05) is 0 Å². The van der Waals surface area contributed by atoms with Gasteiger partial charge in [-0.25, -0.2) is 4.98 Å². The number of carbonyl (C=O) groups is 1. The first-order valence-electron chi connectivity index (χ1n) is 6.37. The Balaban J connectivity index is 2.32. The van der Waals surface area contributed by atoms with Gasteiger partial charge in [-0.2, -0.15) is 0 Å². The summed E-state index contributed by atoms with van der Waals surface area (Å²) in [4.78, 5) is 19.6. The van der Waals surface area contributed by atoms with Gasteiger partial charge in [0.25, 0.3) is 0 Å². The highest BCUT2D eigenvalue weighted by molar-refractivity contribution is 5.80.